The molecule has 4 rings (SSSR count). The summed E-state index contributed by atoms with van der Waals surface area (Å²) >= 11 is 0. The van der Waals surface area contributed by atoms with Crippen LogP contribution in [0.3, 0.4) is 0 Å². The average Bonchev–Trinajstić information content (AvgIpc) is 3.24. The highest BCUT2D eigenvalue weighted by Gasteiger charge is 2.17. The van der Waals surface area contributed by atoms with Crippen molar-refractivity contribution >= 4 is 5.82 Å². The second-order valence-corrected chi connectivity index (χ2v) is 7.57. The average molecular weight is 417 g/mol. The summed E-state index contributed by atoms with van der Waals surface area (Å²) in [6.07, 6.45) is 3.30. The molecule has 4 aromatic rings. The number of hydrogen-bond acceptors (Lipinski definition) is 8. The van der Waals surface area contributed by atoms with Gasteiger partial charge in [0, 0.05) is 35.5 Å². The molecule has 31 heavy (non-hydrogen) atoms. The Morgan fingerprint density at radius 2 is 1.65 bits per heavy atom. The fraction of sp³-hybridized carbons (Fsp3) is 0.227. The maximum absolute atomic E-state index is 12.0. The smallest absolute Gasteiger partial charge is 0.270 e. The summed E-state index contributed by atoms with van der Waals surface area (Å²) in [4.78, 5) is 20.8. The van der Waals surface area contributed by atoms with Gasteiger partial charge in [0.15, 0.2) is 11.5 Å². The van der Waals surface area contributed by atoms with Gasteiger partial charge in [-0.25, -0.2) is 9.97 Å². The minimum absolute atomic E-state index is 0.0146. The van der Waals surface area contributed by atoms with Gasteiger partial charge in [0.2, 0.25) is 5.89 Å². The minimum atomic E-state index is -0.0843. The van der Waals surface area contributed by atoms with Gasteiger partial charge in [-0.2, -0.15) is 0 Å². The van der Waals surface area contributed by atoms with Crippen molar-refractivity contribution in [1.82, 2.24) is 24.7 Å². The Balaban J connectivity index is 1.70. The number of hydrogen-bond donors (Lipinski definition) is 2. The molecule has 3 heterocycles. The molecular weight excluding hydrogens is 394 g/mol. The monoisotopic (exact) mass is 417 g/mol. The van der Waals surface area contributed by atoms with Crippen molar-refractivity contribution in [3.63, 3.8) is 0 Å². The molecular formula is C22H23N7O2. The van der Waals surface area contributed by atoms with Gasteiger partial charge in [0.05, 0.1) is 11.9 Å². The lowest BCUT2D eigenvalue weighted by Crippen LogP contribution is -2.20. The van der Waals surface area contributed by atoms with Crippen LogP contribution in [-0.2, 0) is 0 Å². The first kappa shape index (κ1) is 20.4. The van der Waals surface area contributed by atoms with E-state index < -0.39 is 0 Å². The topological polar surface area (TPSA) is 139 Å². The summed E-state index contributed by atoms with van der Waals surface area (Å²) in [6.45, 7) is 5.79. The lowest BCUT2D eigenvalue weighted by Gasteiger charge is -2.11. The van der Waals surface area contributed by atoms with Crippen molar-refractivity contribution in [2.75, 3.05) is 5.73 Å². The first-order chi connectivity index (χ1) is 14.8. The van der Waals surface area contributed by atoms with E-state index in [0.717, 1.165) is 16.7 Å². The van der Waals surface area contributed by atoms with Crippen molar-refractivity contribution in [1.29, 1.82) is 0 Å². The van der Waals surface area contributed by atoms with Crippen LogP contribution >= 0.6 is 0 Å². The number of nitrogen functional groups attached to an aromatic ring is 1. The number of rotatable bonds is 5. The van der Waals surface area contributed by atoms with Crippen LogP contribution in [0.2, 0.25) is 0 Å². The fourth-order valence-electron chi connectivity index (χ4n) is 3.12. The minimum Gasteiger partial charge on any atom is -0.414 e. The summed E-state index contributed by atoms with van der Waals surface area (Å²) in [6, 6.07) is 10.7. The van der Waals surface area contributed by atoms with E-state index in [-0.39, 0.29) is 35.0 Å². The van der Waals surface area contributed by atoms with E-state index in [1.165, 1.54) is 6.07 Å². The molecule has 0 amide bonds. The third-order valence-corrected chi connectivity index (χ3v) is 4.90. The Bertz CT molecular complexity index is 1270. The first-order valence-corrected chi connectivity index (χ1v) is 9.88. The SMILES string of the molecule is CC(N)c1ccc(-c2nnc(-c3nc(-c4ccc(=O)n(C(C)C)c4)cnc3N)o2)cc1. The molecule has 4 N–H and O–H groups in total. The highest BCUT2D eigenvalue weighted by Crippen LogP contribution is 2.28. The number of nitrogens with two attached hydrogens (primary N) is 2. The van der Waals surface area contributed by atoms with Crippen LogP contribution in [0, 0.1) is 0 Å². The molecule has 0 aliphatic rings. The van der Waals surface area contributed by atoms with Gasteiger partial charge in [-0.1, -0.05) is 12.1 Å². The summed E-state index contributed by atoms with van der Waals surface area (Å²) in [5.41, 5.74) is 15.2. The summed E-state index contributed by atoms with van der Waals surface area (Å²) in [5.74, 6) is 0.671. The van der Waals surface area contributed by atoms with Crippen molar-refractivity contribution in [3.05, 3.63) is 64.7 Å². The second kappa shape index (κ2) is 8.11. The molecule has 9 heteroatoms. The van der Waals surface area contributed by atoms with E-state index in [2.05, 4.69) is 20.2 Å². The fourth-order valence-corrected chi connectivity index (χ4v) is 3.12. The Hall–Kier alpha value is -3.85. The lowest BCUT2D eigenvalue weighted by molar-refractivity contribution is 0.578. The Morgan fingerprint density at radius 3 is 2.32 bits per heavy atom. The molecule has 1 unspecified atom stereocenters. The lowest BCUT2D eigenvalue weighted by atomic mass is 10.1. The van der Waals surface area contributed by atoms with Gasteiger partial charge in [0.25, 0.3) is 11.4 Å². The largest absolute Gasteiger partial charge is 0.414 e. The van der Waals surface area contributed by atoms with Crippen LogP contribution in [0.4, 0.5) is 5.82 Å². The van der Waals surface area contributed by atoms with Gasteiger partial charge in [0.1, 0.15) is 0 Å². The number of anilines is 1. The van der Waals surface area contributed by atoms with E-state index in [9.17, 15) is 4.79 Å². The molecule has 158 valence electrons. The van der Waals surface area contributed by atoms with E-state index >= 15 is 0 Å². The standard InChI is InChI=1S/C22H23N7O2/c1-12(2)29-11-16(8-9-18(29)30)17-10-25-20(24)19(26-17)22-28-27-21(31-22)15-6-4-14(5-7-15)13(3)23/h4-13H,23H2,1-3H3,(H2,24,25). The molecule has 0 aliphatic heterocycles. The Kier molecular flexibility index (Phi) is 5.35. The molecule has 3 aromatic heterocycles. The zero-order valence-electron chi connectivity index (χ0n) is 17.5. The predicted octanol–water partition coefficient (Wildman–Crippen LogP) is 3.21. The van der Waals surface area contributed by atoms with Gasteiger partial charge in [-0.3, -0.25) is 4.79 Å². The van der Waals surface area contributed by atoms with Crippen LogP contribution in [0.1, 0.15) is 38.4 Å². The molecule has 0 saturated heterocycles. The number of pyridine rings is 1. The first-order valence-electron chi connectivity index (χ1n) is 9.88. The van der Waals surface area contributed by atoms with Crippen molar-refractivity contribution in [2.24, 2.45) is 5.73 Å². The highest BCUT2D eigenvalue weighted by molar-refractivity contribution is 5.68. The molecule has 0 radical (unpaired) electrons. The molecule has 1 aromatic carbocycles. The number of nitrogens with zero attached hydrogens (tertiary/aromatic N) is 5. The van der Waals surface area contributed by atoms with Crippen molar-refractivity contribution < 1.29 is 4.42 Å². The maximum Gasteiger partial charge on any atom is 0.270 e. The molecule has 0 bridgehead atoms. The van der Waals surface area contributed by atoms with Crippen LogP contribution in [0.15, 0.2) is 58.0 Å². The van der Waals surface area contributed by atoms with Crippen molar-refractivity contribution in [3.8, 4) is 34.3 Å². The van der Waals surface area contributed by atoms with E-state index in [1.807, 2.05) is 45.0 Å². The zero-order valence-corrected chi connectivity index (χ0v) is 17.5. The summed E-state index contributed by atoms with van der Waals surface area (Å²) in [5, 5.41) is 8.21. The Labute approximate surface area is 178 Å². The zero-order chi connectivity index (χ0) is 22.1. The molecule has 0 fully saturated rings. The van der Waals surface area contributed by atoms with Crippen LogP contribution < -0.4 is 17.0 Å². The number of aromatic nitrogens is 5. The van der Waals surface area contributed by atoms with E-state index in [4.69, 9.17) is 15.9 Å². The van der Waals surface area contributed by atoms with Gasteiger partial charge >= 0.3 is 0 Å². The van der Waals surface area contributed by atoms with Crippen LogP contribution in [0.5, 0.6) is 0 Å². The third-order valence-electron chi connectivity index (χ3n) is 4.90. The Morgan fingerprint density at radius 1 is 0.968 bits per heavy atom. The highest BCUT2D eigenvalue weighted by atomic mass is 16.4. The van der Waals surface area contributed by atoms with Gasteiger partial charge < -0.3 is 20.5 Å². The molecule has 0 saturated carbocycles. The molecule has 1 atom stereocenters. The predicted molar refractivity (Wildman–Crippen MR) is 118 cm³/mol. The van der Waals surface area contributed by atoms with E-state index in [0.29, 0.717) is 11.6 Å². The molecule has 0 spiro atoms. The van der Waals surface area contributed by atoms with Crippen molar-refractivity contribution in [2.45, 2.75) is 32.9 Å². The summed E-state index contributed by atoms with van der Waals surface area (Å²) in [7, 11) is 0. The third kappa shape index (κ3) is 4.08. The summed E-state index contributed by atoms with van der Waals surface area (Å²) < 4.78 is 7.45. The normalized spacial score (nSPS) is 12.3. The van der Waals surface area contributed by atoms with Crippen LogP contribution in [-0.4, -0.2) is 24.7 Å². The maximum atomic E-state index is 12.0. The second-order valence-electron chi connectivity index (χ2n) is 7.57. The van der Waals surface area contributed by atoms with E-state index in [1.54, 1.807) is 23.0 Å². The quantitative estimate of drug-likeness (QED) is 0.505. The van der Waals surface area contributed by atoms with Gasteiger partial charge in [-0.05, 0) is 44.5 Å². The molecule has 0 aliphatic carbocycles. The molecule has 9 nitrogen and oxygen atoms in total. The number of benzene rings is 1. The van der Waals surface area contributed by atoms with Gasteiger partial charge in [-0.15, -0.1) is 10.2 Å². The van der Waals surface area contributed by atoms with Crippen LogP contribution in [0.25, 0.3) is 34.3 Å².